The first-order chi connectivity index (χ1) is 16.9. The Hall–Kier alpha value is -3.60. The lowest BCUT2D eigenvalue weighted by Gasteiger charge is -2.44. The third kappa shape index (κ3) is 3.08. The molecule has 5 atom stereocenters. The van der Waals surface area contributed by atoms with Crippen LogP contribution in [0.1, 0.15) is 56.1 Å². The maximum Gasteiger partial charge on any atom is 0.333 e. The largest absolute Gasteiger partial charge is 0.457 e. The Kier molecular flexibility index (Phi) is 5.33. The minimum Gasteiger partial charge on any atom is -0.457 e. The molecule has 5 rings (SSSR count). The first-order valence-corrected chi connectivity index (χ1v) is 11.4. The van der Waals surface area contributed by atoms with Crippen LogP contribution in [0.4, 0.5) is 0 Å². The van der Waals surface area contributed by atoms with Crippen molar-refractivity contribution >= 4 is 23.1 Å². The van der Waals surface area contributed by atoms with Crippen molar-refractivity contribution in [2.24, 2.45) is 0 Å². The smallest absolute Gasteiger partial charge is 0.333 e. The number of rotatable bonds is 3. The van der Waals surface area contributed by atoms with Crippen LogP contribution in [-0.2, 0) is 24.7 Å². The van der Waals surface area contributed by atoms with E-state index in [0.717, 1.165) is 6.07 Å². The third-order valence-electron chi connectivity index (χ3n) is 6.97. The molecule has 1 aromatic carbocycles. The van der Waals surface area contributed by atoms with Crippen LogP contribution in [0.25, 0.3) is 5.57 Å². The van der Waals surface area contributed by atoms with Crippen molar-refractivity contribution in [3.63, 3.8) is 0 Å². The van der Waals surface area contributed by atoms with E-state index in [9.17, 15) is 29.4 Å². The van der Waals surface area contributed by atoms with Crippen LogP contribution in [0.3, 0.4) is 0 Å². The van der Waals surface area contributed by atoms with E-state index in [1.165, 1.54) is 32.9 Å². The summed E-state index contributed by atoms with van der Waals surface area (Å²) in [6.45, 7) is 7.55. The van der Waals surface area contributed by atoms with Gasteiger partial charge in [0.1, 0.15) is 11.9 Å². The minimum absolute atomic E-state index is 0.0497. The summed E-state index contributed by atoms with van der Waals surface area (Å²) in [5.41, 5.74) is -3.11. The van der Waals surface area contributed by atoms with Crippen molar-refractivity contribution in [1.82, 2.24) is 0 Å². The molecule has 0 spiro atoms. The van der Waals surface area contributed by atoms with Crippen LogP contribution >= 0.6 is 0 Å². The van der Waals surface area contributed by atoms with E-state index in [2.05, 4.69) is 0 Å². The molecule has 3 aliphatic heterocycles. The Labute approximate surface area is 205 Å². The SMILES string of the molecule is CC=C(C)C(=O)OC1C(C)OC2Oc3c4c5c(cc(=O)c3C2(O)C1O)C(=O)C(C(C)=O)=C5C=C(C)O4. The van der Waals surface area contributed by atoms with Crippen molar-refractivity contribution in [2.45, 2.75) is 64.8 Å². The Bertz CT molecular complexity index is 1410. The van der Waals surface area contributed by atoms with E-state index in [0.29, 0.717) is 5.76 Å². The van der Waals surface area contributed by atoms with Crippen LogP contribution in [0.5, 0.6) is 11.5 Å². The second-order valence-corrected chi connectivity index (χ2v) is 9.26. The van der Waals surface area contributed by atoms with Crippen LogP contribution < -0.4 is 14.9 Å². The molecule has 1 saturated heterocycles. The van der Waals surface area contributed by atoms with Gasteiger partial charge in [-0.05, 0) is 46.8 Å². The number of Topliss-reactive ketones (excluding diaryl/α,β-unsaturated/α-hetero) is 2. The zero-order valence-corrected chi connectivity index (χ0v) is 20.2. The fraction of sp³-hybridized carbons (Fsp3) is 0.385. The Morgan fingerprint density at radius 2 is 1.89 bits per heavy atom. The second kappa shape index (κ2) is 7.95. The molecule has 0 radical (unpaired) electrons. The minimum atomic E-state index is -2.45. The Morgan fingerprint density at radius 1 is 1.19 bits per heavy atom. The first kappa shape index (κ1) is 24.1. The van der Waals surface area contributed by atoms with Gasteiger partial charge < -0.3 is 29.2 Å². The monoisotopic (exact) mass is 496 g/mol. The highest BCUT2D eigenvalue weighted by atomic mass is 16.7. The fourth-order valence-corrected chi connectivity index (χ4v) is 5.05. The molecule has 1 aromatic rings. The number of hydrogen-bond donors (Lipinski definition) is 2. The standard InChI is InChI=1S/C26H24O10/c1-6-9(2)24(31)35-20-12(5)34-25-26(32,23(20)30)18-15(28)8-14-17-13(16(11(4)27)19(14)29)7-10(3)33-21(17)22(18)36-25/h6-8,12,20,23,25,30,32H,1-5H3. The van der Waals surface area contributed by atoms with Crippen molar-refractivity contribution < 1.29 is 43.5 Å². The van der Waals surface area contributed by atoms with Crippen molar-refractivity contribution in [3.05, 3.63) is 62.0 Å². The predicted molar refractivity (Wildman–Crippen MR) is 123 cm³/mol. The van der Waals surface area contributed by atoms with Gasteiger partial charge in [0.2, 0.25) is 6.29 Å². The lowest BCUT2D eigenvalue weighted by molar-refractivity contribution is -0.309. The lowest BCUT2D eigenvalue weighted by atomic mass is 9.82. The summed E-state index contributed by atoms with van der Waals surface area (Å²) < 4.78 is 22.9. The zero-order valence-electron chi connectivity index (χ0n) is 20.2. The quantitative estimate of drug-likeness (QED) is 0.358. The molecule has 3 heterocycles. The van der Waals surface area contributed by atoms with Gasteiger partial charge in [-0.1, -0.05) is 6.08 Å². The van der Waals surface area contributed by atoms with Crippen molar-refractivity contribution in [1.29, 1.82) is 0 Å². The number of ether oxygens (including phenoxy) is 4. The van der Waals surface area contributed by atoms with Crippen LogP contribution in [0.15, 0.2) is 39.9 Å². The van der Waals surface area contributed by atoms with Gasteiger partial charge in [0, 0.05) is 22.3 Å². The first-order valence-electron chi connectivity index (χ1n) is 11.4. The number of hydrogen-bond acceptors (Lipinski definition) is 10. The Balaban J connectivity index is 1.72. The molecule has 0 aromatic heterocycles. The highest BCUT2D eigenvalue weighted by molar-refractivity contribution is 6.36. The average Bonchev–Trinajstić information content (AvgIpc) is 3.22. The number of aliphatic hydroxyl groups excluding tert-OH is 1. The molecule has 0 amide bonds. The molecule has 10 nitrogen and oxygen atoms in total. The summed E-state index contributed by atoms with van der Waals surface area (Å²) in [6.07, 6.45) is -2.57. The van der Waals surface area contributed by atoms with E-state index in [1.54, 1.807) is 13.8 Å². The van der Waals surface area contributed by atoms with Crippen molar-refractivity contribution in [2.75, 3.05) is 0 Å². The van der Waals surface area contributed by atoms with Crippen LogP contribution in [0.2, 0.25) is 0 Å². The number of carbonyl (C=O) groups excluding carboxylic acids is 3. The highest BCUT2D eigenvalue weighted by Gasteiger charge is 2.64. The number of aliphatic hydroxyl groups is 2. The molecule has 0 saturated carbocycles. The van der Waals surface area contributed by atoms with Gasteiger partial charge in [0.15, 0.2) is 40.2 Å². The van der Waals surface area contributed by atoms with Gasteiger partial charge in [-0.3, -0.25) is 14.4 Å². The van der Waals surface area contributed by atoms with E-state index in [-0.39, 0.29) is 39.3 Å². The van der Waals surface area contributed by atoms with E-state index in [1.807, 2.05) is 0 Å². The van der Waals surface area contributed by atoms with Gasteiger partial charge in [0.05, 0.1) is 17.2 Å². The number of ketones is 2. The van der Waals surface area contributed by atoms with Gasteiger partial charge in [-0.15, -0.1) is 0 Å². The number of carbonyl (C=O) groups is 3. The third-order valence-corrected chi connectivity index (χ3v) is 6.97. The molecular weight excluding hydrogens is 472 g/mol. The lowest BCUT2D eigenvalue weighted by Crippen LogP contribution is -2.64. The average molecular weight is 496 g/mol. The normalized spacial score (nSPS) is 30.0. The molecule has 1 fully saturated rings. The molecule has 5 unspecified atom stereocenters. The highest BCUT2D eigenvalue weighted by Crippen LogP contribution is 2.55. The summed E-state index contributed by atoms with van der Waals surface area (Å²) in [5, 5.41) is 23.0. The number of fused-ring (bicyclic) bond motifs is 4. The van der Waals surface area contributed by atoms with Crippen LogP contribution in [-0.4, -0.2) is 52.4 Å². The van der Waals surface area contributed by atoms with E-state index >= 15 is 0 Å². The summed E-state index contributed by atoms with van der Waals surface area (Å²) >= 11 is 0. The maximum absolute atomic E-state index is 13.5. The zero-order chi connectivity index (χ0) is 26.3. The van der Waals surface area contributed by atoms with E-state index in [4.69, 9.17) is 18.9 Å². The summed E-state index contributed by atoms with van der Waals surface area (Å²) in [7, 11) is 0. The summed E-state index contributed by atoms with van der Waals surface area (Å²) in [6, 6.07) is 0.993. The van der Waals surface area contributed by atoms with Gasteiger partial charge >= 0.3 is 5.97 Å². The van der Waals surface area contributed by atoms with E-state index < -0.39 is 58.7 Å². The second-order valence-electron chi connectivity index (χ2n) is 9.26. The molecule has 188 valence electrons. The number of esters is 1. The van der Waals surface area contributed by atoms with Crippen molar-refractivity contribution in [3.8, 4) is 11.5 Å². The number of allylic oxidation sites excluding steroid dienone is 5. The molecule has 4 aliphatic rings. The molecule has 10 heteroatoms. The molecular formula is C26H24O10. The van der Waals surface area contributed by atoms with Gasteiger partial charge in [-0.25, -0.2) is 4.79 Å². The summed E-state index contributed by atoms with van der Waals surface area (Å²) in [5.74, 6) is -1.82. The Morgan fingerprint density at radius 3 is 2.53 bits per heavy atom. The molecule has 1 aliphatic carbocycles. The fourth-order valence-electron chi connectivity index (χ4n) is 5.05. The molecule has 0 bridgehead atoms. The maximum atomic E-state index is 13.5. The molecule has 36 heavy (non-hydrogen) atoms. The predicted octanol–water partition coefficient (Wildman–Crippen LogP) is 1.45. The molecule has 2 N–H and O–H groups in total. The summed E-state index contributed by atoms with van der Waals surface area (Å²) in [4.78, 5) is 51.3. The topological polar surface area (TPSA) is 146 Å². The van der Waals surface area contributed by atoms with Gasteiger partial charge in [0.25, 0.3) is 0 Å². The van der Waals surface area contributed by atoms with Gasteiger partial charge in [-0.2, -0.15) is 0 Å². The van der Waals surface area contributed by atoms with Crippen LogP contribution in [0, 0.1) is 0 Å².